The summed E-state index contributed by atoms with van der Waals surface area (Å²) in [5.41, 5.74) is 3.05. The Morgan fingerprint density at radius 3 is 2.06 bits per heavy atom. The van der Waals surface area contributed by atoms with Crippen LogP contribution in [0.2, 0.25) is 0 Å². The van der Waals surface area contributed by atoms with Gasteiger partial charge in [0.15, 0.2) is 0 Å². The molecule has 0 aromatic heterocycles. The molecule has 2 aliphatic rings. The average Bonchev–Trinajstić information content (AvgIpc) is 3.46. The van der Waals surface area contributed by atoms with Crippen LogP contribution in [0.5, 0.6) is 0 Å². The van der Waals surface area contributed by atoms with E-state index in [4.69, 9.17) is 4.74 Å². The average molecular weight is 451 g/mol. The number of aliphatic carboxylic acids is 1. The second kappa shape index (κ2) is 8.54. The third kappa shape index (κ3) is 4.72. The van der Waals surface area contributed by atoms with E-state index >= 15 is 0 Å². The van der Waals surface area contributed by atoms with Crippen molar-refractivity contribution in [3.8, 4) is 11.1 Å². The number of carbonyl (C=O) groups excluding carboxylic acids is 2. The predicted octanol–water partition coefficient (Wildman–Crippen LogP) is 4.06. The second-order valence-electron chi connectivity index (χ2n) is 10.0. The van der Waals surface area contributed by atoms with Crippen LogP contribution < -0.4 is 10.6 Å². The fraction of sp³-hybridized carbons (Fsp3) is 0.423. The van der Waals surface area contributed by atoms with Crippen LogP contribution in [0.25, 0.3) is 11.1 Å². The zero-order chi connectivity index (χ0) is 23.8. The lowest BCUT2D eigenvalue weighted by molar-refractivity contribution is -0.138. The molecule has 1 unspecified atom stereocenters. The largest absolute Gasteiger partial charge is 0.481 e. The molecule has 0 bridgehead atoms. The standard InChI is InChI=1S/C26H30N2O5/c1-25(2,3)21(14-22(29)30)27-23(31)26(12-13-26)28-24(32)33-15-20-18-10-6-4-8-16(18)17-9-5-7-11-19(17)20/h4-11,20-21H,12-15H2,1-3H3,(H,27,31)(H,28,32)(H,29,30). The summed E-state index contributed by atoms with van der Waals surface area (Å²) in [5.74, 6) is -1.41. The lowest BCUT2D eigenvalue weighted by Crippen LogP contribution is -2.54. The van der Waals surface area contributed by atoms with Gasteiger partial charge < -0.3 is 20.5 Å². The van der Waals surface area contributed by atoms with Gasteiger partial charge in [-0.2, -0.15) is 0 Å². The second-order valence-corrected chi connectivity index (χ2v) is 10.0. The summed E-state index contributed by atoms with van der Waals surface area (Å²) < 4.78 is 5.58. The van der Waals surface area contributed by atoms with Gasteiger partial charge in [-0.15, -0.1) is 0 Å². The number of ether oxygens (including phenoxy) is 1. The first-order chi connectivity index (χ1) is 15.6. The maximum absolute atomic E-state index is 12.9. The molecular weight excluding hydrogens is 420 g/mol. The molecule has 3 N–H and O–H groups in total. The monoisotopic (exact) mass is 450 g/mol. The van der Waals surface area contributed by atoms with E-state index in [-0.39, 0.29) is 24.9 Å². The molecule has 2 amide bonds. The molecule has 2 aromatic carbocycles. The third-order valence-corrected chi connectivity index (χ3v) is 6.60. The maximum Gasteiger partial charge on any atom is 0.408 e. The Balaban J connectivity index is 1.39. The summed E-state index contributed by atoms with van der Waals surface area (Å²) in [6.45, 7) is 5.79. The number of benzene rings is 2. The lowest BCUT2D eigenvalue weighted by Gasteiger charge is -2.32. The molecule has 0 saturated heterocycles. The van der Waals surface area contributed by atoms with E-state index in [0.29, 0.717) is 12.8 Å². The molecule has 0 heterocycles. The van der Waals surface area contributed by atoms with Gasteiger partial charge in [-0.05, 0) is 40.5 Å². The van der Waals surface area contributed by atoms with E-state index in [1.54, 1.807) is 0 Å². The Kier molecular flexibility index (Phi) is 5.91. The van der Waals surface area contributed by atoms with E-state index in [2.05, 4.69) is 22.8 Å². The molecule has 2 aromatic rings. The molecule has 0 aliphatic heterocycles. The SMILES string of the molecule is CC(C)(C)C(CC(=O)O)NC(=O)C1(NC(=O)OCC2c3ccccc3-c3ccccc32)CC1. The van der Waals surface area contributed by atoms with Crippen LogP contribution in [0, 0.1) is 5.41 Å². The normalized spacial score (nSPS) is 16.8. The number of fused-ring (bicyclic) bond motifs is 3. The van der Waals surface area contributed by atoms with Crippen LogP contribution in [-0.4, -0.2) is 41.3 Å². The number of carbonyl (C=O) groups is 3. The summed E-state index contributed by atoms with van der Waals surface area (Å²) in [7, 11) is 0. The zero-order valence-corrected chi connectivity index (χ0v) is 19.2. The van der Waals surface area contributed by atoms with Crippen LogP contribution in [-0.2, 0) is 14.3 Å². The van der Waals surface area contributed by atoms with Gasteiger partial charge >= 0.3 is 12.1 Å². The Morgan fingerprint density at radius 1 is 1.03 bits per heavy atom. The van der Waals surface area contributed by atoms with Gasteiger partial charge in [-0.25, -0.2) is 4.79 Å². The predicted molar refractivity (Wildman–Crippen MR) is 124 cm³/mol. The van der Waals surface area contributed by atoms with Gasteiger partial charge in [0.05, 0.1) is 6.42 Å². The number of alkyl carbamates (subject to hydrolysis) is 1. The fourth-order valence-electron chi connectivity index (χ4n) is 4.41. The van der Waals surface area contributed by atoms with Crippen molar-refractivity contribution in [2.24, 2.45) is 5.41 Å². The Hall–Kier alpha value is -3.35. The number of rotatable bonds is 7. The highest BCUT2D eigenvalue weighted by Gasteiger charge is 2.52. The minimum atomic E-state index is -1.04. The highest BCUT2D eigenvalue weighted by molar-refractivity contribution is 5.93. The van der Waals surface area contributed by atoms with Crippen molar-refractivity contribution in [2.45, 2.75) is 57.5 Å². The molecule has 4 rings (SSSR count). The van der Waals surface area contributed by atoms with E-state index < -0.39 is 29.1 Å². The van der Waals surface area contributed by atoms with Gasteiger partial charge in [0.25, 0.3) is 0 Å². The summed E-state index contributed by atoms with van der Waals surface area (Å²) in [6.07, 6.45) is 0.158. The lowest BCUT2D eigenvalue weighted by atomic mass is 9.84. The third-order valence-electron chi connectivity index (χ3n) is 6.60. The first-order valence-corrected chi connectivity index (χ1v) is 11.3. The van der Waals surface area contributed by atoms with Crippen molar-refractivity contribution in [2.75, 3.05) is 6.61 Å². The molecule has 33 heavy (non-hydrogen) atoms. The molecule has 0 radical (unpaired) electrons. The number of carboxylic acids is 1. The number of nitrogens with one attached hydrogen (secondary N) is 2. The van der Waals surface area contributed by atoms with Crippen molar-refractivity contribution in [3.63, 3.8) is 0 Å². The van der Waals surface area contributed by atoms with E-state index in [1.165, 1.54) is 0 Å². The van der Waals surface area contributed by atoms with Crippen molar-refractivity contribution in [1.82, 2.24) is 10.6 Å². The Morgan fingerprint density at radius 2 is 1.58 bits per heavy atom. The fourth-order valence-corrected chi connectivity index (χ4v) is 4.41. The molecular formula is C26H30N2O5. The topological polar surface area (TPSA) is 105 Å². The molecule has 1 atom stereocenters. The molecule has 2 aliphatic carbocycles. The minimum Gasteiger partial charge on any atom is -0.481 e. The first-order valence-electron chi connectivity index (χ1n) is 11.3. The van der Waals surface area contributed by atoms with Crippen LogP contribution in [0.3, 0.4) is 0 Å². The quantitative estimate of drug-likeness (QED) is 0.590. The molecule has 1 saturated carbocycles. The van der Waals surface area contributed by atoms with Crippen molar-refractivity contribution in [3.05, 3.63) is 59.7 Å². The van der Waals surface area contributed by atoms with Crippen LogP contribution >= 0.6 is 0 Å². The summed E-state index contributed by atoms with van der Waals surface area (Å²) in [6, 6.07) is 15.6. The van der Waals surface area contributed by atoms with Gasteiger partial charge in [0.2, 0.25) is 5.91 Å². The molecule has 0 spiro atoms. The van der Waals surface area contributed by atoms with Crippen LogP contribution in [0.15, 0.2) is 48.5 Å². The van der Waals surface area contributed by atoms with E-state index in [1.807, 2.05) is 57.2 Å². The highest BCUT2D eigenvalue weighted by Crippen LogP contribution is 2.44. The van der Waals surface area contributed by atoms with Gasteiger partial charge in [0, 0.05) is 12.0 Å². The summed E-state index contributed by atoms with van der Waals surface area (Å²) >= 11 is 0. The van der Waals surface area contributed by atoms with Crippen molar-refractivity contribution in [1.29, 1.82) is 0 Å². The van der Waals surface area contributed by atoms with Crippen LogP contribution in [0.4, 0.5) is 4.79 Å². The zero-order valence-electron chi connectivity index (χ0n) is 19.2. The number of amides is 2. The molecule has 174 valence electrons. The van der Waals surface area contributed by atoms with Gasteiger partial charge in [-0.3, -0.25) is 9.59 Å². The highest BCUT2D eigenvalue weighted by atomic mass is 16.5. The van der Waals surface area contributed by atoms with Crippen molar-refractivity contribution >= 4 is 18.0 Å². The van der Waals surface area contributed by atoms with Crippen LogP contribution in [0.1, 0.15) is 57.1 Å². The minimum absolute atomic E-state index is 0.0621. The number of hydrogen-bond acceptors (Lipinski definition) is 4. The first kappa shape index (κ1) is 22.8. The summed E-state index contributed by atoms with van der Waals surface area (Å²) in [4.78, 5) is 36.8. The number of hydrogen-bond donors (Lipinski definition) is 3. The Bertz CT molecular complexity index is 1040. The number of carboxylic acid groups (broad SMARTS) is 1. The van der Waals surface area contributed by atoms with E-state index in [0.717, 1.165) is 22.3 Å². The van der Waals surface area contributed by atoms with Gasteiger partial charge in [0.1, 0.15) is 12.1 Å². The van der Waals surface area contributed by atoms with E-state index in [9.17, 15) is 19.5 Å². The molecule has 7 nitrogen and oxygen atoms in total. The Labute approximate surface area is 193 Å². The van der Waals surface area contributed by atoms with Gasteiger partial charge in [-0.1, -0.05) is 69.3 Å². The molecule has 7 heteroatoms. The maximum atomic E-state index is 12.9. The van der Waals surface area contributed by atoms with Crippen molar-refractivity contribution < 1.29 is 24.2 Å². The summed E-state index contributed by atoms with van der Waals surface area (Å²) in [5, 5.41) is 14.8. The smallest absolute Gasteiger partial charge is 0.408 e. The molecule has 1 fully saturated rings.